The summed E-state index contributed by atoms with van der Waals surface area (Å²) in [6.45, 7) is 6.92. The summed E-state index contributed by atoms with van der Waals surface area (Å²) in [5.74, 6) is 2.66. The highest BCUT2D eigenvalue weighted by Gasteiger charge is 2.01. The Morgan fingerprint density at radius 1 is 1.31 bits per heavy atom. The number of hydrogen-bond acceptors (Lipinski definition) is 3. The summed E-state index contributed by atoms with van der Waals surface area (Å²) < 4.78 is 10.6. The van der Waals surface area contributed by atoms with Crippen molar-refractivity contribution in [3.8, 4) is 0 Å². The van der Waals surface area contributed by atoms with Crippen LogP contribution in [0.5, 0.6) is 0 Å². The molecule has 0 aliphatic carbocycles. The first kappa shape index (κ1) is 13.3. The number of furan rings is 1. The molecule has 1 aromatic rings. The first-order chi connectivity index (χ1) is 7.72. The monoisotopic (exact) mass is 225 g/mol. The van der Waals surface area contributed by atoms with Crippen molar-refractivity contribution in [3.05, 3.63) is 23.7 Å². The van der Waals surface area contributed by atoms with Gasteiger partial charge in [-0.1, -0.05) is 13.8 Å². The van der Waals surface area contributed by atoms with E-state index in [1.165, 1.54) is 12.8 Å². The fourth-order valence-corrected chi connectivity index (χ4v) is 1.58. The second kappa shape index (κ2) is 7.47. The molecule has 3 nitrogen and oxygen atoms in total. The van der Waals surface area contributed by atoms with Crippen LogP contribution in [0.15, 0.2) is 16.5 Å². The van der Waals surface area contributed by atoms with Gasteiger partial charge in [-0.2, -0.15) is 0 Å². The Morgan fingerprint density at radius 2 is 2.06 bits per heavy atom. The van der Waals surface area contributed by atoms with Gasteiger partial charge in [-0.05, 0) is 37.4 Å². The number of nitrogens with one attached hydrogen (secondary N) is 1. The van der Waals surface area contributed by atoms with E-state index >= 15 is 0 Å². The molecule has 1 rings (SSSR count). The predicted molar refractivity (Wildman–Crippen MR) is 65.2 cm³/mol. The molecule has 0 aromatic carbocycles. The first-order valence-corrected chi connectivity index (χ1v) is 5.99. The van der Waals surface area contributed by atoms with Gasteiger partial charge in [0.05, 0.1) is 6.54 Å². The number of ether oxygens (including phenoxy) is 1. The van der Waals surface area contributed by atoms with Crippen molar-refractivity contribution >= 4 is 0 Å². The lowest BCUT2D eigenvalue weighted by atomic mass is 10.1. The van der Waals surface area contributed by atoms with Gasteiger partial charge in [-0.25, -0.2) is 0 Å². The lowest BCUT2D eigenvalue weighted by Crippen LogP contribution is -2.14. The summed E-state index contributed by atoms with van der Waals surface area (Å²) in [6.07, 6.45) is 2.50. The van der Waals surface area contributed by atoms with Gasteiger partial charge >= 0.3 is 0 Å². The zero-order valence-electron chi connectivity index (χ0n) is 10.6. The standard InChI is InChI=1S/C13H23NO2/c1-11(2)5-4-8-14-9-12-6-7-13(16-12)10-15-3/h6-7,11,14H,4-5,8-10H2,1-3H3. The van der Waals surface area contributed by atoms with Gasteiger partial charge in [0.1, 0.15) is 18.1 Å². The molecule has 0 bridgehead atoms. The number of hydrogen-bond donors (Lipinski definition) is 1. The van der Waals surface area contributed by atoms with Crippen LogP contribution in [0.25, 0.3) is 0 Å². The molecular formula is C13H23NO2. The van der Waals surface area contributed by atoms with Crippen molar-refractivity contribution in [3.63, 3.8) is 0 Å². The van der Waals surface area contributed by atoms with E-state index in [1.54, 1.807) is 7.11 Å². The van der Waals surface area contributed by atoms with Crippen molar-refractivity contribution < 1.29 is 9.15 Å². The molecule has 0 atom stereocenters. The molecule has 1 heterocycles. The Labute approximate surface area is 98.2 Å². The molecule has 0 radical (unpaired) electrons. The molecule has 0 amide bonds. The summed E-state index contributed by atoms with van der Waals surface area (Å²) in [7, 11) is 1.67. The van der Waals surface area contributed by atoms with E-state index in [0.717, 1.165) is 30.5 Å². The van der Waals surface area contributed by atoms with Crippen molar-refractivity contribution in [1.29, 1.82) is 0 Å². The van der Waals surface area contributed by atoms with Gasteiger partial charge in [0.15, 0.2) is 0 Å². The summed E-state index contributed by atoms with van der Waals surface area (Å²) in [4.78, 5) is 0. The molecular weight excluding hydrogens is 202 g/mol. The van der Waals surface area contributed by atoms with Crippen LogP contribution >= 0.6 is 0 Å². The maximum Gasteiger partial charge on any atom is 0.129 e. The summed E-state index contributed by atoms with van der Waals surface area (Å²) in [6, 6.07) is 3.97. The zero-order valence-corrected chi connectivity index (χ0v) is 10.6. The Kier molecular flexibility index (Phi) is 6.19. The van der Waals surface area contributed by atoms with E-state index in [1.807, 2.05) is 12.1 Å². The highest BCUT2D eigenvalue weighted by molar-refractivity contribution is 5.06. The van der Waals surface area contributed by atoms with E-state index in [0.29, 0.717) is 6.61 Å². The van der Waals surface area contributed by atoms with Crippen LogP contribution in [0, 0.1) is 5.92 Å². The molecule has 0 spiro atoms. The Morgan fingerprint density at radius 3 is 2.75 bits per heavy atom. The first-order valence-electron chi connectivity index (χ1n) is 5.99. The minimum atomic E-state index is 0.549. The third kappa shape index (κ3) is 5.33. The summed E-state index contributed by atoms with van der Waals surface area (Å²) in [5, 5.41) is 3.38. The molecule has 0 aliphatic rings. The lowest BCUT2D eigenvalue weighted by molar-refractivity contribution is 0.162. The van der Waals surface area contributed by atoms with Crippen LogP contribution in [0.2, 0.25) is 0 Å². The van der Waals surface area contributed by atoms with Crippen molar-refractivity contribution in [2.75, 3.05) is 13.7 Å². The van der Waals surface area contributed by atoms with E-state index in [2.05, 4.69) is 19.2 Å². The average molecular weight is 225 g/mol. The van der Waals surface area contributed by atoms with E-state index < -0.39 is 0 Å². The second-order valence-corrected chi connectivity index (χ2v) is 4.51. The van der Waals surface area contributed by atoms with E-state index in [9.17, 15) is 0 Å². The fourth-order valence-electron chi connectivity index (χ4n) is 1.58. The molecule has 0 unspecified atom stereocenters. The minimum Gasteiger partial charge on any atom is -0.462 e. The highest BCUT2D eigenvalue weighted by Crippen LogP contribution is 2.08. The molecule has 0 fully saturated rings. The lowest BCUT2D eigenvalue weighted by Gasteiger charge is -2.05. The van der Waals surface area contributed by atoms with Crippen molar-refractivity contribution in [2.45, 2.75) is 39.8 Å². The molecule has 92 valence electrons. The smallest absolute Gasteiger partial charge is 0.129 e. The highest BCUT2D eigenvalue weighted by atomic mass is 16.5. The third-order valence-electron chi connectivity index (χ3n) is 2.44. The predicted octanol–water partition coefficient (Wildman–Crippen LogP) is 2.95. The van der Waals surface area contributed by atoms with Gasteiger partial charge in [0.2, 0.25) is 0 Å². The van der Waals surface area contributed by atoms with Gasteiger partial charge in [-0.3, -0.25) is 0 Å². The Bertz CT molecular complexity index is 281. The maximum atomic E-state index is 5.56. The van der Waals surface area contributed by atoms with Gasteiger partial charge in [0.25, 0.3) is 0 Å². The third-order valence-corrected chi connectivity index (χ3v) is 2.44. The van der Waals surface area contributed by atoms with Crippen LogP contribution in [-0.2, 0) is 17.9 Å². The van der Waals surface area contributed by atoms with Crippen molar-refractivity contribution in [1.82, 2.24) is 5.32 Å². The van der Waals surface area contributed by atoms with Gasteiger partial charge in [0, 0.05) is 7.11 Å². The topological polar surface area (TPSA) is 34.4 Å². The Balaban J connectivity index is 2.12. The molecule has 16 heavy (non-hydrogen) atoms. The molecule has 1 aromatic heterocycles. The maximum absolute atomic E-state index is 5.56. The fraction of sp³-hybridized carbons (Fsp3) is 0.692. The Hall–Kier alpha value is -0.800. The molecule has 1 N–H and O–H groups in total. The van der Waals surface area contributed by atoms with Gasteiger partial charge < -0.3 is 14.5 Å². The molecule has 0 aliphatic heterocycles. The average Bonchev–Trinajstić information content (AvgIpc) is 2.65. The van der Waals surface area contributed by atoms with E-state index in [-0.39, 0.29) is 0 Å². The quantitative estimate of drug-likeness (QED) is 0.691. The van der Waals surface area contributed by atoms with Crippen molar-refractivity contribution in [2.24, 2.45) is 5.92 Å². The van der Waals surface area contributed by atoms with Crippen LogP contribution < -0.4 is 5.32 Å². The molecule has 0 saturated carbocycles. The zero-order chi connectivity index (χ0) is 11.8. The molecule has 3 heteroatoms. The molecule has 0 saturated heterocycles. The van der Waals surface area contributed by atoms with E-state index in [4.69, 9.17) is 9.15 Å². The SMILES string of the molecule is COCc1ccc(CNCCCC(C)C)o1. The van der Waals surface area contributed by atoms with Crippen LogP contribution in [0.4, 0.5) is 0 Å². The van der Waals surface area contributed by atoms with Crippen LogP contribution in [0.3, 0.4) is 0 Å². The van der Waals surface area contributed by atoms with Crippen LogP contribution in [0.1, 0.15) is 38.2 Å². The second-order valence-electron chi connectivity index (χ2n) is 4.51. The summed E-state index contributed by atoms with van der Waals surface area (Å²) >= 11 is 0. The normalized spacial score (nSPS) is 11.2. The minimum absolute atomic E-state index is 0.549. The number of methoxy groups -OCH3 is 1. The van der Waals surface area contributed by atoms with Crippen LogP contribution in [-0.4, -0.2) is 13.7 Å². The largest absolute Gasteiger partial charge is 0.462 e. The van der Waals surface area contributed by atoms with Gasteiger partial charge in [-0.15, -0.1) is 0 Å². The number of rotatable bonds is 8. The summed E-state index contributed by atoms with van der Waals surface area (Å²) in [5.41, 5.74) is 0.